The summed E-state index contributed by atoms with van der Waals surface area (Å²) >= 11 is 0. The number of para-hydroxylation sites is 2. The van der Waals surface area contributed by atoms with Crippen LogP contribution in [0.1, 0.15) is 20.3 Å². The zero-order valence-corrected chi connectivity index (χ0v) is 16.6. The number of carbonyl (C=O) groups excluding carboxylic acids is 1. The van der Waals surface area contributed by atoms with Crippen LogP contribution in [-0.2, 0) is 21.2 Å². The summed E-state index contributed by atoms with van der Waals surface area (Å²) in [4.78, 5) is 19.3. The molecule has 0 bridgehead atoms. The van der Waals surface area contributed by atoms with Crippen LogP contribution in [0, 0.1) is 5.92 Å². The van der Waals surface area contributed by atoms with Gasteiger partial charge in [-0.2, -0.15) is 0 Å². The highest BCUT2D eigenvalue weighted by Crippen LogP contribution is 2.22. The molecule has 2 aromatic rings. The highest BCUT2D eigenvalue weighted by atomic mass is 32.2. The Labute approximate surface area is 160 Å². The molecular weight excluding hydrogens is 364 g/mol. The van der Waals surface area contributed by atoms with E-state index in [0.29, 0.717) is 5.95 Å². The van der Waals surface area contributed by atoms with Crippen LogP contribution in [0.3, 0.4) is 0 Å². The Balaban J connectivity index is 1.75. The molecule has 8 heteroatoms. The summed E-state index contributed by atoms with van der Waals surface area (Å²) < 4.78 is 25.1. The normalized spacial score (nSPS) is 18.4. The quantitative estimate of drug-likeness (QED) is 0.747. The molecule has 27 heavy (non-hydrogen) atoms. The third-order valence-electron chi connectivity index (χ3n) is 4.89. The van der Waals surface area contributed by atoms with Gasteiger partial charge in [0.1, 0.15) is 0 Å². The number of aromatic nitrogens is 2. The van der Waals surface area contributed by atoms with E-state index in [1.165, 1.54) is 5.41 Å². The monoisotopic (exact) mass is 390 g/mol. The van der Waals surface area contributed by atoms with E-state index < -0.39 is 9.84 Å². The number of imidazole rings is 1. The van der Waals surface area contributed by atoms with Crippen LogP contribution in [0.5, 0.6) is 0 Å². The Bertz CT molecular complexity index is 945. The first-order valence-electron chi connectivity index (χ1n) is 9.30. The fourth-order valence-corrected chi connectivity index (χ4v) is 4.76. The summed E-state index contributed by atoms with van der Waals surface area (Å²) in [6.45, 7) is 7.76. The number of nitrogens with zero attached hydrogens (tertiary/aromatic N) is 3. The number of fused-ring (bicyclic) bond motifs is 1. The van der Waals surface area contributed by atoms with Gasteiger partial charge in [-0.1, -0.05) is 32.1 Å². The van der Waals surface area contributed by atoms with E-state index in [1.54, 1.807) is 6.08 Å². The lowest BCUT2D eigenvalue weighted by Crippen LogP contribution is -2.28. The van der Waals surface area contributed by atoms with E-state index in [9.17, 15) is 13.2 Å². The van der Waals surface area contributed by atoms with Crippen molar-refractivity contribution in [1.82, 2.24) is 14.5 Å². The number of hydrogen-bond acceptors (Lipinski definition) is 5. The summed E-state index contributed by atoms with van der Waals surface area (Å²) in [6, 6.07) is 7.79. The van der Waals surface area contributed by atoms with Crippen molar-refractivity contribution in [2.24, 2.45) is 5.92 Å². The molecule has 1 aromatic carbocycles. The van der Waals surface area contributed by atoms with Crippen molar-refractivity contribution in [2.75, 3.05) is 30.7 Å². The van der Waals surface area contributed by atoms with Crippen LogP contribution in [-0.4, -0.2) is 54.2 Å². The van der Waals surface area contributed by atoms with Crippen LogP contribution in [0.2, 0.25) is 0 Å². The van der Waals surface area contributed by atoms with Gasteiger partial charge in [0.25, 0.3) is 0 Å². The molecule has 0 aliphatic carbocycles. The number of carbonyl (C=O) groups is 1. The smallest absolute Gasteiger partial charge is 0.227 e. The van der Waals surface area contributed by atoms with E-state index in [2.05, 4.69) is 29.0 Å². The third kappa shape index (κ3) is 4.75. The van der Waals surface area contributed by atoms with Crippen molar-refractivity contribution in [3.8, 4) is 0 Å². The number of likely N-dealkylation sites (N-methyl/N-ethyl adjacent to an activating group) is 1. The molecule has 1 amide bonds. The molecule has 146 valence electrons. The molecule has 7 nitrogen and oxygen atoms in total. The third-order valence-corrected chi connectivity index (χ3v) is 6.36. The molecule has 0 radical (unpaired) electrons. The highest BCUT2D eigenvalue weighted by molar-refractivity contribution is 7.94. The van der Waals surface area contributed by atoms with Gasteiger partial charge in [-0.3, -0.25) is 10.1 Å². The zero-order valence-electron chi connectivity index (χ0n) is 15.8. The van der Waals surface area contributed by atoms with Gasteiger partial charge in [0.05, 0.1) is 16.8 Å². The maximum atomic E-state index is 12.5. The van der Waals surface area contributed by atoms with Gasteiger partial charge in [-0.05, 0) is 25.2 Å². The summed E-state index contributed by atoms with van der Waals surface area (Å²) in [5.41, 5.74) is 1.80. The van der Waals surface area contributed by atoms with Gasteiger partial charge in [-0.25, -0.2) is 13.4 Å². The van der Waals surface area contributed by atoms with Crippen molar-refractivity contribution in [1.29, 1.82) is 0 Å². The average molecular weight is 391 g/mol. The molecular formula is C19H26N4O3S. The summed E-state index contributed by atoms with van der Waals surface area (Å²) in [6.07, 6.45) is 1.73. The minimum absolute atomic E-state index is 0.00119. The molecule has 1 unspecified atom stereocenters. The second-order valence-electron chi connectivity index (χ2n) is 6.77. The number of hydrogen-bond donors (Lipinski definition) is 1. The Kier molecular flexibility index (Phi) is 5.96. The van der Waals surface area contributed by atoms with Gasteiger partial charge >= 0.3 is 0 Å². The van der Waals surface area contributed by atoms with E-state index in [1.807, 2.05) is 28.8 Å². The minimum atomic E-state index is -3.15. The first-order chi connectivity index (χ1) is 12.9. The van der Waals surface area contributed by atoms with Crippen LogP contribution in [0.4, 0.5) is 5.95 Å². The molecule has 1 aliphatic heterocycles. The number of anilines is 1. The van der Waals surface area contributed by atoms with Crippen molar-refractivity contribution < 1.29 is 13.2 Å². The van der Waals surface area contributed by atoms with E-state index in [4.69, 9.17) is 0 Å². The highest BCUT2D eigenvalue weighted by Gasteiger charge is 2.24. The van der Waals surface area contributed by atoms with Crippen molar-refractivity contribution in [3.63, 3.8) is 0 Å². The van der Waals surface area contributed by atoms with Gasteiger partial charge in [0.2, 0.25) is 11.9 Å². The van der Waals surface area contributed by atoms with E-state index in [0.717, 1.165) is 37.2 Å². The number of benzene rings is 1. The molecule has 0 fully saturated rings. The topological polar surface area (TPSA) is 84.3 Å². The molecule has 1 aliphatic rings. The average Bonchev–Trinajstić information content (AvgIpc) is 3.15. The van der Waals surface area contributed by atoms with Gasteiger partial charge in [0.15, 0.2) is 9.84 Å². The van der Waals surface area contributed by atoms with E-state index in [-0.39, 0.29) is 24.0 Å². The predicted octanol–water partition coefficient (Wildman–Crippen LogP) is 2.27. The molecule has 1 N–H and O–H groups in total. The Morgan fingerprint density at radius 1 is 1.30 bits per heavy atom. The van der Waals surface area contributed by atoms with Crippen molar-refractivity contribution in [2.45, 2.75) is 26.8 Å². The van der Waals surface area contributed by atoms with Crippen LogP contribution in [0.25, 0.3) is 11.0 Å². The number of nitrogens with one attached hydrogen (secondary N) is 1. The van der Waals surface area contributed by atoms with Crippen LogP contribution < -0.4 is 5.32 Å². The number of amides is 1. The number of allylic oxidation sites excluding steroid dienone is 1. The fourth-order valence-electron chi connectivity index (χ4n) is 3.36. The Hall–Kier alpha value is -2.19. The molecule has 3 rings (SSSR count). The lowest BCUT2D eigenvalue weighted by Gasteiger charge is -2.19. The van der Waals surface area contributed by atoms with Crippen molar-refractivity contribution in [3.05, 3.63) is 35.7 Å². The Morgan fingerprint density at radius 3 is 2.70 bits per heavy atom. The predicted molar refractivity (Wildman–Crippen MR) is 107 cm³/mol. The molecule has 0 spiro atoms. The standard InChI is InChI=1S/C19H26N4O3S/c1-3-22(4-2)10-11-23-17-8-6-5-7-16(17)20-19(23)21-18(24)13-15-9-12-27(25,26)14-15/h5-9,12,15H,3-4,10-11,13-14H2,1-2H3,(H,20,21,24). The van der Waals surface area contributed by atoms with E-state index >= 15 is 0 Å². The second kappa shape index (κ2) is 8.22. The lowest BCUT2D eigenvalue weighted by atomic mass is 10.1. The second-order valence-corrected chi connectivity index (χ2v) is 8.70. The molecule has 1 atom stereocenters. The largest absolute Gasteiger partial charge is 0.309 e. The number of rotatable bonds is 8. The summed E-state index contributed by atoms with van der Waals surface area (Å²) in [5, 5.41) is 4.08. The first kappa shape index (κ1) is 19.6. The van der Waals surface area contributed by atoms with Gasteiger partial charge < -0.3 is 9.47 Å². The lowest BCUT2D eigenvalue weighted by molar-refractivity contribution is -0.116. The summed E-state index contributed by atoms with van der Waals surface area (Å²) in [7, 11) is -3.15. The SMILES string of the molecule is CCN(CC)CCn1c(NC(=O)CC2C=CS(=O)(=O)C2)nc2ccccc21. The maximum absolute atomic E-state index is 12.5. The fraction of sp³-hybridized carbons (Fsp3) is 0.474. The molecule has 1 aromatic heterocycles. The minimum Gasteiger partial charge on any atom is -0.309 e. The van der Waals surface area contributed by atoms with Crippen molar-refractivity contribution >= 4 is 32.7 Å². The Morgan fingerprint density at radius 2 is 2.04 bits per heavy atom. The van der Waals surface area contributed by atoms with Crippen LogP contribution >= 0.6 is 0 Å². The zero-order chi connectivity index (χ0) is 19.4. The molecule has 2 heterocycles. The number of sulfone groups is 1. The van der Waals surface area contributed by atoms with Gasteiger partial charge in [-0.15, -0.1) is 0 Å². The first-order valence-corrected chi connectivity index (χ1v) is 11.0. The molecule has 0 saturated heterocycles. The maximum Gasteiger partial charge on any atom is 0.227 e. The van der Waals surface area contributed by atoms with Crippen LogP contribution in [0.15, 0.2) is 35.7 Å². The molecule has 0 saturated carbocycles. The summed E-state index contributed by atoms with van der Waals surface area (Å²) in [5.74, 6) is 0.0153. The van der Waals surface area contributed by atoms with Gasteiger partial charge in [0, 0.05) is 30.8 Å².